The number of ketones is 1. The zero-order chi connectivity index (χ0) is 14.1. The second-order valence-electron chi connectivity index (χ2n) is 4.73. The van der Waals surface area contributed by atoms with Crippen molar-refractivity contribution in [2.75, 3.05) is 6.61 Å². The number of aryl methyl sites for hydroxylation is 1. The summed E-state index contributed by atoms with van der Waals surface area (Å²) < 4.78 is 19.2. The molecule has 20 heavy (non-hydrogen) atoms. The van der Waals surface area contributed by atoms with Crippen molar-refractivity contribution < 1.29 is 13.9 Å². The minimum absolute atomic E-state index is 0.00539. The summed E-state index contributed by atoms with van der Waals surface area (Å²) >= 11 is 5.82. The molecule has 102 valence electrons. The zero-order valence-corrected chi connectivity index (χ0v) is 11.4. The van der Waals surface area contributed by atoms with Crippen LogP contribution in [0.15, 0.2) is 36.4 Å². The third-order valence-electron chi connectivity index (χ3n) is 3.34. The number of rotatable bonds is 2. The Morgan fingerprint density at radius 2 is 2.05 bits per heavy atom. The number of ether oxygens (including phenoxy) is 1. The van der Waals surface area contributed by atoms with E-state index >= 15 is 0 Å². The van der Waals surface area contributed by atoms with Crippen molar-refractivity contribution in [1.82, 2.24) is 0 Å². The van der Waals surface area contributed by atoms with Crippen LogP contribution in [0, 0.1) is 5.82 Å². The maximum atomic E-state index is 13.7. The van der Waals surface area contributed by atoms with Crippen LogP contribution in [0.5, 0.6) is 5.75 Å². The van der Waals surface area contributed by atoms with Crippen LogP contribution in [0.3, 0.4) is 0 Å². The summed E-state index contributed by atoms with van der Waals surface area (Å²) in [6, 6.07) is 9.19. The summed E-state index contributed by atoms with van der Waals surface area (Å²) in [5.74, 6) is -0.119. The van der Waals surface area contributed by atoms with E-state index in [1.807, 2.05) is 0 Å². The first kappa shape index (κ1) is 13.1. The van der Waals surface area contributed by atoms with E-state index in [2.05, 4.69) is 0 Å². The molecule has 2 aromatic rings. The van der Waals surface area contributed by atoms with Gasteiger partial charge in [-0.25, -0.2) is 4.39 Å². The maximum Gasteiger partial charge on any atom is 0.196 e. The molecule has 4 heteroatoms. The number of hydrogen-bond donors (Lipinski definition) is 0. The van der Waals surface area contributed by atoms with Gasteiger partial charge < -0.3 is 4.74 Å². The van der Waals surface area contributed by atoms with E-state index in [0.29, 0.717) is 17.2 Å². The van der Waals surface area contributed by atoms with Gasteiger partial charge in [0.15, 0.2) is 5.78 Å². The summed E-state index contributed by atoms with van der Waals surface area (Å²) in [5.41, 5.74) is 1.44. The Morgan fingerprint density at radius 3 is 2.90 bits per heavy atom. The molecule has 0 bridgehead atoms. The van der Waals surface area contributed by atoms with Gasteiger partial charge in [-0.1, -0.05) is 11.6 Å². The molecule has 1 heterocycles. The second kappa shape index (κ2) is 5.25. The van der Waals surface area contributed by atoms with E-state index in [1.54, 1.807) is 18.2 Å². The van der Waals surface area contributed by atoms with Gasteiger partial charge >= 0.3 is 0 Å². The van der Waals surface area contributed by atoms with Gasteiger partial charge in [-0.3, -0.25) is 4.79 Å². The molecule has 0 fully saturated rings. The topological polar surface area (TPSA) is 26.3 Å². The van der Waals surface area contributed by atoms with Crippen LogP contribution in [-0.2, 0) is 6.42 Å². The molecule has 0 radical (unpaired) electrons. The van der Waals surface area contributed by atoms with Gasteiger partial charge in [-0.2, -0.15) is 0 Å². The molecule has 1 aliphatic heterocycles. The van der Waals surface area contributed by atoms with Gasteiger partial charge in [0.1, 0.15) is 11.6 Å². The highest BCUT2D eigenvalue weighted by Crippen LogP contribution is 2.27. The van der Waals surface area contributed by atoms with Gasteiger partial charge in [-0.15, -0.1) is 0 Å². The van der Waals surface area contributed by atoms with E-state index < -0.39 is 5.82 Å². The number of hydrogen-bond acceptors (Lipinski definition) is 2. The molecule has 0 atom stereocenters. The fourth-order valence-electron chi connectivity index (χ4n) is 2.33. The summed E-state index contributed by atoms with van der Waals surface area (Å²) in [5, 5.41) is 0.344. The largest absolute Gasteiger partial charge is 0.493 e. The monoisotopic (exact) mass is 290 g/mol. The first-order valence-corrected chi connectivity index (χ1v) is 6.78. The van der Waals surface area contributed by atoms with Gasteiger partial charge in [0, 0.05) is 10.6 Å². The van der Waals surface area contributed by atoms with Crippen molar-refractivity contribution in [3.05, 3.63) is 63.9 Å². The Hall–Kier alpha value is -1.87. The zero-order valence-electron chi connectivity index (χ0n) is 10.7. The number of carbonyl (C=O) groups is 1. The van der Waals surface area contributed by atoms with E-state index in [0.717, 1.165) is 24.2 Å². The van der Waals surface area contributed by atoms with Crippen molar-refractivity contribution in [1.29, 1.82) is 0 Å². The second-order valence-corrected chi connectivity index (χ2v) is 5.16. The first-order chi connectivity index (χ1) is 9.65. The summed E-state index contributed by atoms with van der Waals surface area (Å²) in [6.45, 7) is 0.698. The fraction of sp³-hybridized carbons (Fsp3) is 0.188. The van der Waals surface area contributed by atoms with Crippen LogP contribution in [0.4, 0.5) is 4.39 Å². The molecule has 1 aliphatic rings. The van der Waals surface area contributed by atoms with Crippen molar-refractivity contribution in [2.24, 2.45) is 0 Å². The Labute approximate surface area is 121 Å². The molecular weight excluding hydrogens is 279 g/mol. The average Bonchev–Trinajstić information content (AvgIpc) is 2.48. The normalized spacial score (nSPS) is 13.5. The lowest BCUT2D eigenvalue weighted by Gasteiger charge is -2.17. The molecule has 0 spiro atoms. The van der Waals surface area contributed by atoms with Crippen molar-refractivity contribution in [2.45, 2.75) is 12.8 Å². The number of fused-ring (bicyclic) bond motifs is 1. The van der Waals surface area contributed by atoms with E-state index in [-0.39, 0.29) is 11.3 Å². The highest BCUT2D eigenvalue weighted by molar-refractivity contribution is 6.31. The van der Waals surface area contributed by atoms with Crippen LogP contribution in [0.2, 0.25) is 5.02 Å². The lowest BCUT2D eigenvalue weighted by Crippen LogP contribution is -2.10. The Kier molecular flexibility index (Phi) is 3.45. The highest BCUT2D eigenvalue weighted by atomic mass is 35.5. The molecular formula is C16H12ClFO2. The van der Waals surface area contributed by atoms with Gasteiger partial charge in [0.2, 0.25) is 0 Å². The number of benzene rings is 2. The molecule has 0 N–H and O–H groups in total. The molecule has 2 aromatic carbocycles. The highest BCUT2D eigenvalue weighted by Gasteiger charge is 2.17. The molecule has 0 aliphatic carbocycles. The maximum absolute atomic E-state index is 13.7. The molecule has 0 saturated carbocycles. The van der Waals surface area contributed by atoms with E-state index in [9.17, 15) is 9.18 Å². The molecule has 0 saturated heterocycles. The molecule has 0 amide bonds. The van der Waals surface area contributed by atoms with Crippen LogP contribution in [0.25, 0.3) is 0 Å². The van der Waals surface area contributed by atoms with E-state index in [4.69, 9.17) is 16.3 Å². The minimum atomic E-state index is -0.562. The van der Waals surface area contributed by atoms with Crippen molar-refractivity contribution in [3.63, 3.8) is 0 Å². The van der Waals surface area contributed by atoms with Crippen LogP contribution < -0.4 is 4.74 Å². The van der Waals surface area contributed by atoms with Gasteiger partial charge in [0.25, 0.3) is 0 Å². The minimum Gasteiger partial charge on any atom is -0.493 e. The Morgan fingerprint density at radius 1 is 1.20 bits per heavy atom. The standard InChI is InChI=1S/C16H12ClFO2/c17-12-4-5-14(18)13(9-12)16(19)11-3-6-15-10(8-11)2-1-7-20-15/h3-6,8-9H,1-2,7H2. The molecule has 3 rings (SSSR count). The predicted molar refractivity (Wildman–Crippen MR) is 75.1 cm³/mol. The smallest absolute Gasteiger partial charge is 0.196 e. The summed E-state index contributed by atoms with van der Waals surface area (Å²) in [4.78, 5) is 12.4. The lowest BCUT2D eigenvalue weighted by molar-refractivity contribution is 0.103. The Bertz CT molecular complexity index is 682. The summed E-state index contributed by atoms with van der Waals surface area (Å²) in [6.07, 6.45) is 1.80. The quantitative estimate of drug-likeness (QED) is 0.781. The molecule has 0 unspecified atom stereocenters. The third kappa shape index (κ3) is 2.41. The third-order valence-corrected chi connectivity index (χ3v) is 3.58. The summed E-state index contributed by atoms with van der Waals surface area (Å²) in [7, 11) is 0. The number of halogens is 2. The molecule has 0 aromatic heterocycles. The van der Waals surface area contributed by atoms with Crippen LogP contribution in [0.1, 0.15) is 27.9 Å². The first-order valence-electron chi connectivity index (χ1n) is 6.40. The van der Waals surface area contributed by atoms with Crippen LogP contribution >= 0.6 is 11.6 Å². The van der Waals surface area contributed by atoms with Gasteiger partial charge in [0.05, 0.1) is 12.2 Å². The SMILES string of the molecule is O=C(c1ccc2c(c1)CCCO2)c1cc(Cl)ccc1F. The van der Waals surface area contributed by atoms with Crippen molar-refractivity contribution >= 4 is 17.4 Å². The average molecular weight is 291 g/mol. The van der Waals surface area contributed by atoms with E-state index in [1.165, 1.54) is 18.2 Å². The lowest BCUT2D eigenvalue weighted by atomic mass is 9.98. The van der Waals surface area contributed by atoms with Crippen molar-refractivity contribution in [3.8, 4) is 5.75 Å². The number of carbonyl (C=O) groups excluding carboxylic acids is 1. The molecule has 2 nitrogen and oxygen atoms in total. The van der Waals surface area contributed by atoms with Gasteiger partial charge in [-0.05, 0) is 54.8 Å². The predicted octanol–water partition coefficient (Wildman–Crippen LogP) is 4.04. The Balaban J connectivity index is 2.00. The fourth-order valence-corrected chi connectivity index (χ4v) is 2.50. The van der Waals surface area contributed by atoms with Crippen LogP contribution in [-0.4, -0.2) is 12.4 Å².